The number of aryl methyl sites for hydroxylation is 2. The zero-order valence-electron chi connectivity index (χ0n) is 18.9. The van der Waals surface area contributed by atoms with Gasteiger partial charge in [-0.1, -0.05) is 26.0 Å². The molecule has 0 aliphatic carbocycles. The second-order valence-electron chi connectivity index (χ2n) is 8.70. The molecule has 9 heteroatoms. The van der Waals surface area contributed by atoms with E-state index in [-0.39, 0.29) is 11.8 Å². The van der Waals surface area contributed by atoms with Crippen LogP contribution in [-0.2, 0) is 21.9 Å². The van der Waals surface area contributed by atoms with Crippen LogP contribution >= 0.6 is 0 Å². The Bertz CT molecular complexity index is 1240. The Morgan fingerprint density at radius 3 is 2.44 bits per heavy atom. The second kappa shape index (κ2) is 8.63. The normalized spacial score (nSPS) is 16.0. The van der Waals surface area contributed by atoms with Crippen LogP contribution in [0.25, 0.3) is 11.0 Å². The van der Waals surface area contributed by atoms with Gasteiger partial charge in [-0.15, -0.1) is 0 Å². The summed E-state index contributed by atoms with van der Waals surface area (Å²) in [5.74, 6) is 0.000444. The van der Waals surface area contributed by atoms with Crippen LogP contribution in [0.2, 0.25) is 0 Å². The number of hydrogen-bond donors (Lipinski definition) is 1. The third kappa shape index (κ3) is 4.27. The summed E-state index contributed by atoms with van der Waals surface area (Å²) in [5.41, 5.74) is 3.35. The highest BCUT2D eigenvalue weighted by Crippen LogP contribution is 2.27. The molecule has 1 aliphatic rings. The lowest BCUT2D eigenvalue weighted by Crippen LogP contribution is -2.41. The molecule has 1 aliphatic heterocycles. The Morgan fingerprint density at radius 2 is 1.81 bits per heavy atom. The van der Waals surface area contributed by atoms with E-state index in [1.54, 1.807) is 23.0 Å². The molecule has 0 saturated carbocycles. The molecule has 1 amide bonds. The quantitative estimate of drug-likeness (QED) is 0.636. The zero-order valence-corrected chi connectivity index (χ0v) is 19.7. The van der Waals surface area contributed by atoms with Crippen LogP contribution in [0.5, 0.6) is 0 Å². The minimum absolute atomic E-state index is 0.106. The first-order chi connectivity index (χ1) is 15.2. The molecular weight excluding hydrogens is 426 g/mol. The highest BCUT2D eigenvalue weighted by Gasteiger charge is 2.32. The summed E-state index contributed by atoms with van der Waals surface area (Å²) in [6, 6.07) is 8.96. The third-order valence-electron chi connectivity index (χ3n) is 6.14. The molecule has 1 fully saturated rings. The van der Waals surface area contributed by atoms with Crippen molar-refractivity contribution in [2.24, 2.45) is 13.0 Å². The summed E-state index contributed by atoms with van der Waals surface area (Å²) in [6.07, 6.45) is 2.59. The molecule has 1 saturated heterocycles. The minimum atomic E-state index is -3.56. The van der Waals surface area contributed by atoms with E-state index in [0.717, 1.165) is 22.3 Å². The maximum absolute atomic E-state index is 13.0. The van der Waals surface area contributed by atoms with Gasteiger partial charge >= 0.3 is 0 Å². The molecule has 4 rings (SSSR count). The molecule has 3 aromatic rings. The van der Waals surface area contributed by atoms with Gasteiger partial charge in [0.05, 0.1) is 22.5 Å². The number of pyridine rings is 1. The van der Waals surface area contributed by atoms with Crippen LogP contribution in [0, 0.1) is 12.8 Å². The Balaban J connectivity index is 1.39. The lowest BCUT2D eigenvalue weighted by atomic mass is 9.97. The van der Waals surface area contributed by atoms with E-state index in [2.05, 4.69) is 29.2 Å². The van der Waals surface area contributed by atoms with Crippen molar-refractivity contribution in [1.29, 1.82) is 0 Å². The van der Waals surface area contributed by atoms with E-state index in [4.69, 9.17) is 0 Å². The molecule has 1 aromatic carbocycles. The fourth-order valence-electron chi connectivity index (χ4n) is 4.15. The molecule has 1 N–H and O–H groups in total. The van der Waals surface area contributed by atoms with Gasteiger partial charge in [0, 0.05) is 31.4 Å². The Labute approximate surface area is 188 Å². The number of aromatic nitrogens is 3. The standard InChI is InChI=1S/C23H29N5O3S/c1-15(2)17-5-7-20(8-6-17)32(30,31)28-11-9-18(10-12-28)23(29)25-19-13-21-16(3)26-27(4)22(21)24-14-19/h5-8,13-15,18H,9-12H2,1-4H3,(H,25,29). The molecular formula is C23H29N5O3S. The number of hydrogen-bond acceptors (Lipinski definition) is 5. The van der Waals surface area contributed by atoms with Crippen LogP contribution in [-0.4, -0.2) is 46.5 Å². The molecule has 3 heterocycles. The summed E-state index contributed by atoms with van der Waals surface area (Å²) in [4.78, 5) is 17.5. The minimum Gasteiger partial charge on any atom is -0.324 e. The van der Waals surface area contributed by atoms with Gasteiger partial charge in [0.1, 0.15) is 0 Å². The highest BCUT2D eigenvalue weighted by molar-refractivity contribution is 7.89. The average Bonchev–Trinajstić information content (AvgIpc) is 3.06. The van der Waals surface area contributed by atoms with Crippen molar-refractivity contribution >= 4 is 32.7 Å². The van der Waals surface area contributed by atoms with Gasteiger partial charge in [-0.2, -0.15) is 9.40 Å². The SMILES string of the molecule is Cc1nn(C)c2ncc(NC(=O)C3CCN(S(=O)(=O)c4ccc(C(C)C)cc4)CC3)cc12. The van der Waals surface area contributed by atoms with Gasteiger partial charge < -0.3 is 5.32 Å². The lowest BCUT2D eigenvalue weighted by molar-refractivity contribution is -0.120. The van der Waals surface area contributed by atoms with Gasteiger partial charge in [0.25, 0.3) is 0 Å². The number of sulfonamides is 1. The van der Waals surface area contributed by atoms with Gasteiger partial charge in [-0.3, -0.25) is 9.48 Å². The van der Waals surface area contributed by atoms with E-state index >= 15 is 0 Å². The maximum atomic E-state index is 13.0. The third-order valence-corrected chi connectivity index (χ3v) is 8.05. The largest absolute Gasteiger partial charge is 0.324 e. The van der Waals surface area contributed by atoms with Crippen molar-refractivity contribution in [3.8, 4) is 0 Å². The zero-order chi connectivity index (χ0) is 23.0. The van der Waals surface area contributed by atoms with Crippen molar-refractivity contribution in [2.45, 2.75) is 44.4 Å². The van der Waals surface area contributed by atoms with Gasteiger partial charge in [-0.25, -0.2) is 13.4 Å². The van der Waals surface area contributed by atoms with Crippen LogP contribution in [0.1, 0.15) is 43.9 Å². The number of carbonyl (C=O) groups excluding carboxylic acids is 1. The van der Waals surface area contributed by atoms with E-state index in [0.29, 0.717) is 42.4 Å². The van der Waals surface area contributed by atoms with E-state index in [1.807, 2.05) is 32.2 Å². The smallest absolute Gasteiger partial charge is 0.243 e. The second-order valence-corrected chi connectivity index (χ2v) is 10.6. The molecule has 0 unspecified atom stereocenters. The molecule has 0 radical (unpaired) electrons. The summed E-state index contributed by atoms with van der Waals surface area (Å²) in [5, 5.41) is 8.18. The molecule has 8 nitrogen and oxygen atoms in total. The van der Waals surface area contributed by atoms with Crippen molar-refractivity contribution in [1.82, 2.24) is 19.1 Å². The molecule has 32 heavy (non-hydrogen) atoms. The number of fused-ring (bicyclic) bond motifs is 1. The fourth-order valence-corrected chi connectivity index (χ4v) is 5.62. The van der Waals surface area contributed by atoms with Gasteiger partial charge in [-0.05, 0) is 49.4 Å². The first-order valence-corrected chi connectivity index (χ1v) is 12.3. The summed E-state index contributed by atoms with van der Waals surface area (Å²) in [6.45, 7) is 6.70. The predicted octanol–water partition coefficient (Wildman–Crippen LogP) is 3.44. The summed E-state index contributed by atoms with van der Waals surface area (Å²) < 4.78 is 29.2. The molecule has 170 valence electrons. The van der Waals surface area contributed by atoms with E-state index in [9.17, 15) is 13.2 Å². The Morgan fingerprint density at radius 1 is 1.16 bits per heavy atom. The molecule has 2 aromatic heterocycles. The van der Waals surface area contributed by atoms with Crippen molar-refractivity contribution in [2.75, 3.05) is 18.4 Å². The number of nitrogens with zero attached hydrogens (tertiary/aromatic N) is 4. The first-order valence-electron chi connectivity index (χ1n) is 10.9. The first kappa shape index (κ1) is 22.4. The van der Waals surface area contributed by atoms with Crippen molar-refractivity contribution in [3.63, 3.8) is 0 Å². The Kier molecular flexibility index (Phi) is 6.05. The van der Waals surface area contributed by atoms with Crippen molar-refractivity contribution < 1.29 is 13.2 Å². The van der Waals surface area contributed by atoms with Crippen LogP contribution in [0.15, 0.2) is 41.4 Å². The number of anilines is 1. The number of rotatable bonds is 5. The monoisotopic (exact) mass is 455 g/mol. The predicted molar refractivity (Wildman–Crippen MR) is 124 cm³/mol. The van der Waals surface area contributed by atoms with E-state index < -0.39 is 10.0 Å². The van der Waals surface area contributed by atoms with Crippen LogP contribution < -0.4 is 5.32 Å². The van der Waals surface area contributed by atoms with Crippen LogP contribution in [0.3, 0.4) is 0 Å². The number of amides is 1. The number of benzene rings is 1. The summed E-state index contributed by atoms with van der Waals surface area (Å²) >= 11 is 0. The molecule has 0 spiro atoms. The Hall–Kier alpha value is -2.78. The summed E-state index contributed by atoms with van der Waals surface area (Å²) in [7, 11) is -1.72. The fraction of sp³-hybridized carbons (Fsp3) is 0.435. The average molecular weight is 456 g/mol. The molecule has 0 bridgehead atoms. The van der Waals surface area contributed by atoms with E-state index in [1.165, 1.54) is 4.31 Å². The maximum Gasteiger partial charge on any atom is 0.243 e. The molecule has 0 atom stereocenters. The van der Waals surface area contributed by atoms with Gasteiger partial charge in [0.2, 0.25) is 15.9 Å². The highest BCUT2D eigenvalue weighted by atomic mass is 32.2. The van der Waals surface area contributed by atoms with Crippen LogP contribution in [0.4, 0.5) is 5.69 Å². The topological polar surface area (TPSA) is 97.2 Å². The van der Waals surface area contributed by atoms with Gasteiger partial charge in [0.15, 0.2) is 5.65 Å². The lowest BCUT2D eigenvalue weighted by Gasteiger charge is -2.30. The number of carbonyl (C=O) groups is 1. The number of piperidine rings is 1. The number of nitrogens with one attached hydrogen (secondary N) is 1. The van der Waals surface area contributed by atoms with Crippen molar-refractivity contribution in [3.05, 3.63) is 47.8 Å².